The number of esters is 2. The summed E-state index contributed by atoms with van der Waals surface area (Å²) in [5.41, 5.74) is 2.82. The maximum absolute atomic E-state index is 13.6. The summed E-state index contributed by atoms with van der Waals surface area (Å²) >= 11 is 0. The Balaban J connectivity index is 1.30. The van der Waals surface area contributed by atoms with Gasteiger partial charge in [-0.1, -0.05) is 84.9 Å². The van der Waals surface area contributed by atoms with Gasteiger partial charge in [0.2, 0.25) is 0 Å². The fourth-order valence-electron chi connectivity index (χ4n) is 4.90. The van der Waals surface area contributed by atoms with Crippen LogP contribution in [0.25, 0.3) is 6.08 Å². The number of carbonyl (C=O) groups excluding carboxylic acids is 2. The molecule has 0 aromatic heterocycles. The van der Waals surface area contributed by atoms with Crippen molar-refractivity contribution < 1.29 is 28.2 Å². The van der Waals surface area contributed by atoms with Crippen molar-refractivity contribution in [1.82, 2.24) is 9.80 Å². The Bertz CT molecular complexity index is 1320. The van der Waals surface area contributed by atoms with Crippen LogP contribution in [0.1, 0.15) is 22.8 Å². The maximum Gasteiger partial charge on any atom is 0.335 e. The highest BCUT2D eigenvalue weighted by molar-refractivity contribution is 5.93. The largest absolute Gasteiger partial charge is 0.404 e. The lowest BCUT2D eigenvalue weighted by Gasteiger charge is -2.47. The molecule has 1 saturated heterocycles. The molecule has 3 aromatic rings. The van der Waals surface area contributed by atoms with Crippen molar-refractivity contribution in [1.29, 1.82) is 0 Å². The van der Waals surface area contributed by atoms with Crippen LogP contribution < -0.4 is 0 Å². The Hall–Kier alpha value is -4.11. The molecule has 1 fully saturated rings. The van der Waals surface area contributed by atoms with Crippen LogP contribution in [0.4, 0.5) is 4.39 Å². The Kier molecular flexibility index (Phi) is 8.81. The fraction of sp³-hybridized carbons (Fsp3) is 0.250. The molecule has 0 N–H and O–H groups in total. The molecule has 40 heavy (non-hydrogen) atoms. The summed E-state index contributed by atoms with van der Waals surface area (Å²) in [4.78, 5) is 28.9. The lowest BCUT2D eigenvalue weighted by Crippen LogP contribution is -2.66. The first-order valence-corrected chi connectivity index (χ1v) is 13.3. The summed E-state index contributed by atoms with van der Waals surface area (Å²) in [7, 11) is 0. The monoisotopic (exact) mass is 542 g/mol. The minimum absolute atomic E-state index is 0.186. The third-order valence-corrected chi connectivity index (χ3v) is 6.86. The van der Waals surface area contributed by atoms with Crippen LogP contribution in [0.5, 0.6) is 0 Å². The van der Waals surface area contributed by atoms with Crippen LogP contribution in [0.15, 0.2) is 103 Å². The molecule has 5 rings (SSSR count). The maximum atomic E-state index is 13.6. The quantitative estimate of drug-likeness (QED) is 0.367. The van der Waals surface area contributed by atoms with E-state index in [1.807, 2.05) is 77.7 Å². The van der Waals surface area contributed by atoms with Crippen LogP contribution in [-0.2, 0) is 23.8 Å². The second-order valence-corrected chi connectivity index (χ2v) is 9.64. The number of ether oxygens (including phenoxy) is 3. The van der Waals surface area contributed by atoms with E-state index in [2.05, 4.69) is 4.90 Å². The van der Waals surface area contributed by atoms with Crippen molar-refractivity contribution in [3.05, 3.63) is 126 Å². The van der Waals surface area contributed by atoms with Gasteiger partial charge >= 0.3 is 17.8 Å². The minimum atomic E-state index is -1.59. The van der Waals surface area contributed by atoms with Gasteiger partial charge in [0.15, 0.2) is 0 Å². The third kappa shape index (κ3) is 6.90. The highest BCUT2D eigenvalue weighted by Crippen LogP contribution is 2.29. The molecule has 1 unspecified atom stereocenters. The molecular formula is C32H31FN2O5. The van der Waals surface area contributed by atoms with Gasteiger partial charge < -0.3 is 14.2 Å². The molecule has 0 amide bonds. The van der Waals surface area contributed by atoms with E-state index in [4.69, 9.17) is 14.2 Å². The van der Waals surface area contributed by atoms with Gasteiger partial charge in [-0.25, -0.2) is 18.9 Å². The zero-order valence-corrected chi connectivity index (χ0v) is 22.0. The lowest BCUT2D eigenvalue weighted by atomic mass is 10.0. The van der Waals surface area contributed by atoms with Gasteiger partial charge in [-0.2, -0.15) is 0 Å². The van der Waals surface area contributed by atoms with Gasteiger partial charge in [0, 0.05) is 38.3 Å². The van der Waals surface area contributed by atoms with Crippen LogP contribution >= 0.6 is 0 Å². The van der Waals surface area contributed by atoms with E-state index < -0.39 is 24.0 Å². The smallest absolute Gasteiger partial charge is 0.335 e. The Labute approximate surface area is 233 Å². The van der Waals surface area contributed by atoms with Gasteiger partial charge in [-0.05, 0) is 28.8 Å². The zero-order valence-electron chi connectivity index (χ0n) is 22.0. The highest BCUT2D eigenvalue weighted by atomic mass is 19.1. The topological polar surface area (TPSA) is 68.3 Å². The molecule has 3 aromatic carbocycles. The van der Waals surface area contributed by atoms with Crippen LogP contribution in [0, 0.1) is 5.82 Å². The molecule has 1 atom stereocenters. The van der Waals surface area contributed by atoms with E-state index in [-0.39, 0.29) is 19.0 Å². The Morgan fingerprint density at radius 2 is 1.48 bits per heavy atom. The van der Waals surface area contributed by atoms with Crippen LogP contribution in [0.2, 0.25) is 0 Å². The predicted molar refractivity (Wildman–Crippen MR) is 148 cm³/mol. The van der Waals surface area contributed by atoms with Crippen molar-refractivity contribution in [2.75, 3.05) is 39.3 Å². The molecule has 0 saturated carbocycles. The third-order valence-electron chi connectivity index (χ3n) is 6.86. The van der Waals surface area contributed by atoms with Crippen molar-refractivity contribution in [3.8, 4) is 0 Å². The summed E-state index contributed by atoms with van der Waals surface area (Å²) in [6, 6.07) is 25.9. The van der Waals surface area contributed by atoms with Crippen LogP contribution in [0.3, 0.4) is 0 Å². The number of halogens is 1. The van der Waals surface area contributed by atoms with Gasteiger partial charge in [-0.15, -0.1) is 0 Å². The molecule has 2 aliphatic rings. The van der Waals surface area contributed by atoms with Crippen molar-refractivity contribution in [3.63, 3.8) is 0 Å². The number of rotatable bonds is 9. The van der Waals surface area contributed by atoms with Gasteiger partial charge in [0.25, 0.3) is 0 Å². The molecule has 1 spiro atoms. The van der Waals surface area contributed by atoms with Gasteiger partial charge in [0.05, 0.1) is 13.2 Å². The van der Waals surface area contributed by atoms with E-state index in [1.54, 1.807) is 12.1 Å². The van der Waals surface area contributed by atoms with Crippen molar-refractivity contribution in [2.45, 2.75) is 12.0 Å². The molecule has 2 aliphatic heterocycles. The normalized spacial score (nSPS) is 18.4. The summed E-state index contributed by atoms with van der Waals surface area (Å²) in [6.07, 6.45) is 5.80. The lowest BCUT2D eigenvalue weighted by molar-refractivity contribution is -0.300. The first-order valence-electron chi connectivity index (χ1n) is 13.3. The Morgan fingerprint density at radius 1 is 0.850 bits per heavy atom. The highest BCUT2D eigenvalue weighted by Gasteiger charge is 2.49. The van der Waals surface area contributed by atoms with E-state index in [0.29, 0.717) is 26.2 Å². The first-order chi connectivity index (χ1) is 19.5. The molecular weight excluding hydrogens is 511 g/mol. The second-order valence-electron chi connectivity index (χ2n) is 9.64. The SMILES string of the molecule is O=C1C=CC(=O)OC2(CN(C/C=C/c3ccccc3)CCN2CCOC(c2ccccc2)c2ccc(F)cc2)O1. The zero-order chi connectivity index (χ0) is 27.8. The molecule has 0 bridgehead atoms. The number of hydrogen-bond donors (Lipinski definition) is 0. The average Bonchev–Trinajstić information content (AvgIpc) is 3.11. The van der Waals surface area contributed by atoms with Gasteiger partial charge in [0.1, 0.15) is 11.9 Å². The molecule has 7 nitrogen and oxygen atoms in total. The van der Waals surface area contributed by atoms with E-state index >= 15 is 0 Å². The number of hydrogen-bond acceptors (Lipinski definition) is 7. The van der Waals surface area contributed by atoms with Crippen molar-refractivity contribution >= 4 is 18.0 Å². The molecule has 8 heteroatoms. The molecule has 0 radical (unpaired) electrons. The first kappa shape index (κ1) is 27.5. The summed E-state index contributed by atoms with van der Waals surface area (Å²) in [5.74, 6) is -3.20. The van der Waals surface area contributed by atoms with E-state index in [9.17, 15) is 14.0 Å². The van der Waals surface area contributed by atoms with Crippen molar-refractivity contribution in [2.24, 2.45) is 0 Å². The number of nitrogens with zero attached hydrogens (tertiary/aromatic N) is 2. The summed E-state index contributed by atoms with van der Waals surface area (Å²) in [5, 5.41) is 0. The predicted octanol–water partition coefficient (Wildman–Crippen LogP) is 4.57. The number of benzene rings is 3. The average molecular weight is 543 g/mol. The summed E-state index contributed by atoms with van der Waals surface area (Å²) in [6.45, 7) is 2.50. The number of piperazine rings is 1. The van der Waals surface area contributed by atoms with E-state index in [0.717, 1.165) is 28.8 Å². The molecule has 2 heterocycles. The van der Waals surface area contributed by atoms with Crippen LogP contribution in [-0.4, -0.2) is 67.0 Å². The molecule has 0 aliphatic carbocycles. The Morgan fingerprint density at radius 3 is 2.15 bits per heavy atom. The molecule has 206 valence electrons. The minimum Gasteiger partial charge on any atom is -0.404 e. The fourth-order valence-corrected chi connectivity index (χ4v) is 4.90. The standard InChI is InChI=1S/C32H31FN2O5/c33-28-15-13-27(14-16-28)31(26-11-5-2-6-12-26)38-23-22-35-21-20-34(19-7-10-25-8-3-1-4-9-25)24-32(35)39-29(36)17-18-30(37)40-32/h1-18,31H,19-24H2/b10-7+. The van der Waals surface area contributed by atoms with Gasteiger partial charge in [-0.3, -0.25) is 4.90 Å². The number of carbonyl (C=O) groups is 2. The van der Waals surface area contributed by atoms with E-state index in [1.165, 1.54) is 12.1 Å². The second kappa shape index (κ2) is 12.8. The summed E-state index contributed by atoms with van der Waals surface area (Å²) < 4.78 is 31.4.